The van der Waals surface area contributed by atoms with Crippen molar-refractivity contribution in [3.63, 3.8) is 0 Å². The van der Waals surface area contributed by atoms with E-state index in [-0.39, 0.29) is 6.23 Å². The van der Waals surface area contributed by atoms with Crippen molar-refractivity contribution in [1.29, 1.82) is 0 Å². The number of aliphatic hydroxyl groups is 1. The molecule has 1 aliphatic heterocycles. The molecule has 5 unspecified atom stereocenters. The van der Waals surface area contributed by atoms with Gasteiger partial charge in [-0.3, -0.25) is 0 Å². The Morgan fingerprint density at radius 2 is 2.07 bits per heavy atom. The second-order valence-electron chi connectivity index (χ2n) is 5.78. The van der Waals surface area contributed by atoms with Crippen molar-refractivity contribution in [3.05, 3.63) is 0 Å². The van der Waals surface area contributed by atoms with Crippen LogP contribution in [-0.4, -0.2) is 28.3 Å². The van der Waals surface area contributed by atoms with E-state index in [0.29, 0.717) is 17.9 Å². The maximum atomic E-state index is 10.0. The second kappa shape index (κ2) is 3.21. The van der Waals surface area contributed by atoms with Gasteiger partial charge in [-0.1, -0.05) is 13.8 Å². The molecule has 0 aromatic carbocycles. The van der Waals surface area contributed by atoms with E-state index in [1.165, 1.54) is 19.3 Å². The number of nitrogens with one attached hydrogen (secondary N) is 1. The van der Waals surface area contributed by atoms with Crippen LogP contribution < -0.4 is 5.43 Å². The van der Waals surface area contributed by atoms with Crippen LogP contribution in [0.25, 0.3) is 0 Å². The first kappa shape index (κ1) is 9.64. The number of hydrazine groups is 1. The van der Waals surface area contributed by atoms with Gasteiger partial charge in [0.2, 0.25) is 0 Å². The van der Waals surface area contributed by atoms with Gasteiger partial charge in [0, 0.05) is 11.8 Å². The van der Waals surface area contributed by atoms with Crippen LogP contribution in [0, 0.1) is 23.7 Å². The zero-order chi connectivity index (χ0) is 10.6. The largest absolute Gasteiger partial charge is 0.369 e. The normalized spacial score (nSPS) is 50.1. The van der Waals surface area contributed by atoms with Crippen molar-refractivity contribution >= 4 is 6.21 Å². The van der Waals surface area contributed by atoms with Gasteiger partial charge >= 0.3 is 0 Å². The van der Waals surface area contributed by atoms with Crippen molar-refractivity contribution in [3.8, 4) is 0 Å². The van der Waals surface area contributed by atoms with Gasteiger partial charge in [0.15, 0.2) is 18.5 Å². The molecule has 15 heavy (non-hydrogen) atoms. The lowest BCUT2D eigenvalue weighted by Gasteiger charge is -2.19. The van der Waals surface area contributed by atoms with Crippen molar-refractivity contribution in [2.24, 2.45) is 23.7 Å². The zero-order valence-corrected chi connectivity index (χ0v) is 9.56. The molecule has 0 aromatic rings. The Balaban J connectivity index is 1.90. The molecule has 1 heterocycles. The van der Waals surface area contributed by atoms with Crippen molar-refractivity contribution in [2.75, 3.05) is 0 Å². The molecule has 84 valence electrons. The Bertz CT molecular complexity index is 300. The van der Waals surface area contributed by atoms with E-state index in [9.17, 15) is 5.11 Å². The SMILES string of the molecule is CC(C)C=[N+]1NC(O)C2C3CCC(C3)C21. The fourth-order valence-corrected chi connectivity index (χ4v) is 3.95. The topological polar surface area (TPSA) is 35.3 Å². The van der Waals surface area contributed by atoms with Gasteiger partial charge in [0.05, 0.1) is 5.92 Å². The summed E-state index contributed by atoms with van der Waals surface area (Å²) in [5.74, 6) is 2.62. The van der Waals surface area contributed by atoms with Crippen molar-refractivity contribution in [1.82, 2.24) is 5.43 Å². The van der Waals surface area contributed by atoms with E-state index in [4.69, 9.17) is 0 Å². The maximum Gasteiger partial charge on any atom is 0.191 e. The number of nitrogens with zero attached hydrogens (tertiary/aromatic N) is 1. The lowest BCUT2D eigenvalue weighted by Crippen LogP contribution is -2.35. The fraction of sp³-hybridized carbons (Fsp3) is 0.917. The quantitative estimate of drug-likeness (QED) is 0.631. The number of hydrogen-bond donors (Lipinski definition) is 2. The highest BCUT2D eigenvalue weighted by Gasteiger charge is 2.61. The number of hydrazone groups is 1. The lowest BCUT2D eigenvalue weighted by atomic mass is 9.85. The minimum absolute atomic E-state index is 0.305. The molecule has 0 spiro atoms. The van der Waals surface area contributed by atoms with Crippen molar-refractivity contribution in [2.45, 2.75) is 45.4 Å². The molecule has 3 rings (SSSR count). The van der Waals surface area contributed by atoms with E-state index >= 15 is 0 Å². The molecule has 0 aromatic heterocycles. The molecule has 2 bridgehead atoms. The third-order valence-corrected chi connectivity index (χ3v) is 4.36. The predicted molar refractivity (Wildman–Crippen MR) is 58.4 cm³/mol. The van der Waals surface area contributed by atoms with Gasteiger partial charge in [0.25, 0.3) is 0 Å². The van der Waals surface area contributed by atoms with Crippen LogP contribution in [0.2, 0.25) is 0 Å². The van der Waals surface area contributed by atoms with E-state index in [0.717, 1.165) is 11.8 Å². The predicted octanol–water partition coefficient (Wildman–Crippen LogP) is 0.977. The van der Waals surface area contributed by atoms with Crippen LogP contribution in [0.5, 0.6) is 0 Å². The fourth-order valence-electron chi connectivity index (χ4n) is 3.95. The van der Waals surface area contributed by atoms with Crippen molar-refractivity contribution < 1.29 is 9.79 Å². The molecule has 3 nitrogen and oxygen atoms in total. The third kappa shape index (κ3) is 1.32. The van der Waals surface area contributed by atoms with Crippen LogP contribution in [0.4, 0.5) is 0 Å². The monoisotopic (exact) mass is 209 g/mol. The van der Waals surface area contributed by atoms with Gasteiger partial charge < -0.3 is 5.11 Å². The molecule has 1 saturated heterocycles. The van der Waals surface area contributed by atoms with Gasteiger partial charge in [0.1, 0.15) is 0 Å². The number of aliphatic hydroxyl groups excluding tert-OH is 1. The molecule has 2 saturated carbocycles. The highest BCUT2D eigenvalue weighted by Crippen LogP contribution is 2.52. The highest BCUT2D eigenvalue weighted by molar-refractivity contribution is 5.53. The molecule has 0 amide bonds. The Kier molecular flexibility index (Phi) is 2.06. The number of hydrogen-bond acceptors (Lipinski definition) is 2. The molecule has 2 N–H and O–H groups in total. The number of rotatable bonds is 1. The lowest BCUT2D eigenvalue weighted by molar-refractivity contribution is -0.610. The highest BCUT2D eigenvalue weighted by atomic mass is 16.3. The molecule has 2 aliphatic carbocycles. The summed E-state index contributed by atoms with van der Waals surface area (Å²) in [6.07, 6.45) is 5.97. The van der Waals surface area contributed by atoms with E-state index in [1.54, 1.807) is 0 Å². The van der Waals surface area contributed by atoms with Crippen LogP contribution in [0.15, 0.2) is 0 Å². The summed E-state index contributed by atoms with van der Waals surface area (Å²) < 4.78 is 2.21. The summed E-state index contributed by atoms with van der Waals surface area (Å²) in [5.41, 5.74) is 3.22. The van der Waals surface area contributed by atoms with Crippen LogP contribution in [0.3, 0.4) is 0 Å². The minimum atomic E-state index is -0.305. The van der Waals surface area contributed by atoms with E-state index < -0.39 is 0 Å². The zero-order valence-electron chi connectivity index (χ0n) is 9.56. The second-order valence-corrected chi connectivity index (χ2v) is 5.78. The molecule has 5 atom stereocenters. The Labute approximate surface area is 91.2 Å². The Morgan fingerprint density at radius 1 is 1.33 bits per heavy atom. The first-order chi connectivity index (χ1) is 7.16. The standard InChI is InChI=1S/C12H21N2O/c1-7(2)6-14-11-9-4-3-8(5-9)10(11)12(15)13-14/h6-13,15H,3-5H2,1-2H3/q+1. The molecular weight excluding hydrogens is 188 g/mol. The van der Waals surface area contributed by atoms with Gasteiger partial charge in [-0.05, 0) is 25.2 Å². The molecule has 0 radical (unpaired) electrons. The molecule has 3 heteroatoms. The summed E-state index contributed by atoms with van der Waals surface area (Å²) >= 11 is 0. The van der Waals surface area contributed by atoms with Gasteiger partial charge in [-0.25, -0.2) is 0 Å². The van der Waals surface area contributed by atoms with Crippen LogP contribution >= 0.6 is 0 Å². The average Bonchev–Trinajstić information content (AvgIpc) is 2.78. The van der Waals surface area contributed by atoms with E-state index in [2.05, 4.69) is 30.2 Å². The van der Waals surface area contributed by atoms with Gasteiger partial charge in [-0.2, -0.15) is 5.43 Å². The average molecular weight is 209 g/mol. The van der Waals surface area contributed by atoms with E-state index in [1.807, 2.05) is 0 Å². The maximum absolute atomic E-state index is 10.0. The summed E-state index contributed by atoms with van der Waals surface area (Å²) in [6, 6.07) is 0.571. The van der Waals surface area contributed by atoms with Crippen LogP contribution in [0.1, 0.15) is 33.1 Å². The Morgan fingerprint density at radius 3 is 2.80 bits per heavy atom. The molecular formula is C12H21N2O+. The third-order valence-electron chi connectivity index (χ3n) is 4.36. The first-order valence-electron chi connectivity index (χ1n) is 6.24. The summed E-state index contributed by atoms with van der Waals surface area (Å²) in [7, 11) is 0. The van der Waals surface area contributed by atoms with Crippen LogP contribution in [-0.2, 0) is 0 Å². The molecule has 3 fully saturated rings. The summed E-state index contributed by atoms with van der Waals surface area (Å²) in [4.78, 5) is 0. The summed E-state index contributed by atoms with van der Waals surface area (Å²) in [5, 5.41) is 10.0. The molecule has 3 aliphatic rings. The summed E-state index contributed by atoms with van der Waals surface area (Å²) in [6.45, 7) is 4.38. The smallest absolute Gasteiger partial charge is 0.191 e. The van der Waals surface area contributed by atoms with Gasteiger partial charge in [-0.15, -0.1) is 4.68 Å². The first-order valence-corrected chi connectivity index (χ1v) is 6.24. The minimum Gasteiger partial charge on any atom is -0.369 e. The Hall–Kier alpha value is -0.570. The number of fused-ring (bicyclic) bond motifs is 5.